The molecule has 5 atom stereocenters. The molecule has 55 heavy (non-hydrogen) atoms. The molecule has 1 amide bonds. The maximum Gasteiger partial charge on any atom is 0.418 e. The fraction of sp³-hybridized carbons (Fsp3) is 0.571. The third kappa shape index (κ3) is 10.2. The van der Waals surface area contributed by atoms with Crippen LogP contribution in [0.4, 0.5) is 17.6 Å². The van der Waals surface area contributed by atoms with Crippen molar-refractivity contribution in [1.29, 1.82) is 0 Å². The number of amides is 1. The zero-order valence-electron chi connectivity index (χ0n) is 32.3. The minimum Gasteiger partial charge on any atom is -0.379 e. The van der Waals surface area contributed by atoms with Crippen LogP contribution in [0.1, 0.15) is 82.2 Å². The summed E-state index contributed by atoms with van der Waals surface area (Å²) in [5, 5.41) is 6.86. The number of hydrogen-bond acceptors (Lipinski definition) is 6. The van der Waals surface area contributed by atoms with Crippen molar-refractivity contribution in [2.75, 3.05) is 39.4 Å². The van der Waals surface area contributed by atoms with Crippen LogP contribution in [-0.4, -0.2) is 77.3 Å². The molecule has 0 bridgehead atoms. The summed E-state index contributed by atoms with van der Waals surface area (Å²) in [4.78, 5) is 48.6. The lowest BCUT2D eigenvalue weighted by Gasteiger charge is -2.40. The second-order valence-electron chi connectivity index (χ2n) is 15.4. The van der Waals surface area contributed by atoms with Crippen LogP contribution in [0.15, 0.2) is 42.5 Å². The highest BCUT2D eigenvalue weighted by molar-refractivity contribution is 7.80. The number of para-hydroxylation sites is 1. The van der Waals surface area contributed by atoms with Crippen LogP contribution in [0.3, 0.4) is 0 Å². The molecule has 2 aliphatic rings. The van der Waals surface area contributed by atoms with Crippen molar-refractivity contribution in [2.45, 2.75) is 90.8 Å². The summed E-state index contributed by atoms with van der Waals surface area (Å²) in [6.45, 7) is 12.2. The number of fused-ring (bicyclic) bond motifs is 3. The van der Waals surface area contributed by atoms with E-state index in [4.69, 9.17) is 17.0 Å². The van der Waals surface area contributed by atoms with Crippen LogP contribution in [0.25, 0.3) is 10.9 Å². The van der Waals surface area contributed by atoms with Crippen LogP contribution in [0.2, 0.25) is 0 Å². The number of H-pyrrole nitrogens is 1. The first-order chi connectivity index (χ1) is 26.2. The van der Waals surface area contributed by atoms with E-state index in [1.54, 1.807) is 24.3 Å². The molecule has 3 N–H and O–H groups in total. The number of Topliss-reactive ketones (excluding diaryl/α,β-unsaturated/α-hetero) is 2. The lowest BCUT2D eigenvalue weighted by molar-refractivity contribution is -0.137. The Morgan fingerprint density at radius 2 is 1.67 bits per heavy atom. The van der Waals surface area contributed by atoms with Gasteiger partial charge in [-0.15, -0.1) is 0 Å². The highest BCUT2D eigenvalue weighted by Crippen LogP contribution is 2.41. The van der Waals surface area contributed by atoms with Gasteiger partial charge in [0.25, 0.3) is 0 Å². The molecule has 5 rings (SSSR count). The molecule has 3 aromatic rings. The van der Waals surface area contributed by atoms with Gasteiger partial charge in [-0.05, 0) is 47.9 Å². The minimum absolute atomic E-state index is 0.0182. The van der Waals surface area contributed by atoms with Gasteiger partial charge in [-0.2, -0.15) is 13.2 Å². The van der Waals surface area contributed by atoms with Crippen molar-refractivity contribution >= 4 is 45.6 Å². The van der Waals surface area contributed by atoms with E-state index in [2.05, 4.69) is 20.5 Å². The van der Waals surface area contributed by atoms with Crippen LogP contribution in [0, 0.1) is 29.5 Å². The smallest absolute Gasteiger partial charge is 0.379 e. The Hall–Kier alpha value is -3.68. The van der Waals surface area contributed by atoms with Gasteiger partial charge in [0.15, 0.2) is 5.78 Å². The molecule has 1 aliphatic heterocycles. The number of halogens is 4. The monoisotopic (exact) mass is 786 g/mol. The highest BCUT2D eigenvalue weighted by atomic mass is 32.1. The molecule has 0 saturated carbocycles. The molecule has 13 heteroatoms. The van der Waals surface area contributed by atoms with Gasteiger partial charge in [-0.1, -0.05) is 83.1 Å². The highest BCUT2D eigenvalue weighted by Gasteiger charge is 2.46. The molecule has 0 spiro atoms. The van der Waals surface area contributed by atoms with Gasteiger partial charge in [0.2, 0.25) is 5.91 Å². The van der Waals surface area contributed by atoms with Gasteiger partial charge in [-0.3, -0.25) is 19.3 Å². The van der Waals surface area contributed by atoms with Gasteiger partial charge in [0.05, 0.1) is 29.3 Å². The lowest BCUT2D eigenvalue weighted by atomic mass is 9.72. The van der Waals surface area contributed by atoms with E-state index >= 15 is 0 Å². The van der Waals surface area contributed by atoms with Crippen molar-refractivity contribution in [3.05, 3.63) is 70.7 Å². The van der Waals surface area contributed by atoms with E-state index < -0.39 is 34.9 Å². The van der Waals surface area contributed by atoms with E-state index in [-0.39, 0.29) is 78.9 Å². The summed E-state index contributed by atoms with van der Waals surface area (Å²) < 4.78 is 62.3. The van der Waals surface area contributed by atoms with Gasteiger partial charge in [-0.25, -0.2) is 4.39 Å². The number of nitrogens with one attached hydrogen (secondary N) is 3. The number of carbonyl (C=O) groups is 3. The second-order valence-corrected chi connectivity index (χ2v) is 15.9. The van der Waals surface area contributed by atoms with Crippen molar-refractivity contribution < 1.29 is 36.7 Å². The molecule has 1 saturated heterocycles. The van der Waals surface area contributed by atoms with Crippen LogP contribution < -0.4 is 10.6 Å². The second kappa shape index (κ2) is 18.5. The van der Waals surface area contributed by atoms with Gasteiger partial charge >= 0.3 is 6.18 Å². The van der Waals surface area contributed by atoms with Crippen LogP contribution in [-0.2, 0) is 44.6 Å². The predicted molar refractivity (Wildman–Crippen MR) is 209 cm³/mol. The number of thiocarbonyl (C=S) groups is 1. The number of rotatable bonds is 17. The van der Waals surface area contributed by atoms with Crippen LogP contribution in [0.5, 0.6) is 0 Å². The van der Waals surface area contributed by atoms with Crippen molar-refractivity contribution in [3.63, 3.8) is 0 Å². The first-order valence-electron chi connectivity index (χ1n) is 19.5. The molecular formula is C42H54F4N4O4S. The molecule has 300 valence electrons. The third-order valence-corrected chi connectivity index (χ3v) is 12.3. The number of aromatic amines is 1. The number of aromatic nitrogens is 1. The summed E-state index contributed by atoms with van der Waals surface area (Å²) in [5.74, 6) is -2.94. The number of ether oxygens (including phenoxy) is 1. The SMILES string of the molecule is CCC(C)[C@H](CC(=O)Cc1ccccc1F)C(=O)N[C@]1(C(=O)C[C@H](C(=S)NCCN2CCOCC2)C(C)CC)CCc2[nH]c3c(C(F)(F)F)cccc3c2C1. The summed E-state index contributed by atoms with van der Waals surface area (Å²) in [6, 6.07) is 10.0. The Morgan fingerprint density at radius 3 is 2.35 bits per heavy atom. The molecule has 1 aliphatic carbocycles. The van der Waals surface area contributed by atoms with E-state index in [1.807, 2.05) is 27.7 Å². The number of ketones is 2. The summed E-state index contributed by atoms with van der Waals surface area (Å²) >= 11 is 5.92. The fourth-order valence-corrected chi connectivity index (χ4v) is 8.40. The Balaban J connectivity index is 1.45. The number of morpholine rings is 1. The first-order valence-corrected chi connectivity index (χ1v) is 20.0. The summed E-state index contributed by atoms with van der Waals surface area (Å²) in [7, 11) is 0. The Morgan fingerprint density at radius 1 is 0.982 bits per heavy atom. The lowest BCUT2D eigenvalue weighted by Crippen LogP contribution is -2.60. The standard InChI is InChI=1S/C42H54F4N4O4S/c1-5-26(3)31(23-29(51)22-28-10-7-8-13-35(28)43)39(53)49-41(15-14-36-33(25-41)30-11-9-12-34(38(30)48-36)42(44,45)46)37(52)24-32(27(4)6-2)40(55)47-16-17-50-18-20-54-21-19-50/h7-13,26-27,31-32,48H,5-6,14-25H2,1-4H3,(H,47,55)(H,49,53)/t26?,27?,31-,32-,41+/m0/s1. The topological polar surface area (TPSA) is 104 Å². The third-order valence-electron chi connectivity index (χ3n) is 11.9. The summed E-state index contributed by atoms with van der Waals surface area (Å²) in [5.41, 5.74) is -0.914. The van der Waals surface area contributed by atoms with Crippen LogP contribution >= 0.6 is 12.2 Å². The quantitative estimate of drug-likeness (QED) is 0.0969. The minimum atomic E-state index is -4.60. The Kier molecular flexibility index (Phi) is 14.3. The number of benzene rings is 2. The number of alkyl halides is 3. The van der Waals surface area contributed by atoms with E-state index in [0.29, 0.717) is 47.8 Å². The van der Waals surface area contributed by atoms with E-state index in [0.717, 1.165) is 32.1 Å². The number of aryl methyl sites for hydroxylation is 1. The molecule has 2 heterocycles. The molecule has 2 unspecified atom stereocenters. The fourth-order valence-electron chi connectivity index (χ4n) is 7.98. The number of carbonyl (C=O) groups excluding carboxylic acids is 3. The van der Waals surface area contributed by atoms with Gasteiger partial charge < -0.3 is 20.4 Å². The average Bonchev–Trinajstić information content (AvgIpc) is 3.53. The molecule has 1 aromatic heterocycles. The molecular weight excluding hydrogens is 733 g/mol. The van der Waals surface area contributed by atoms with E-state index in [1.165, 1.54) is 12.1 Å². The molecule has 2 aromatic carbocycles. The Labute approximate surface area is 326 Å². The maximum absolute atomic E-state index is 14.9. The number of hydrogen-bond donors (Lipinski definition) is 3. The summed E-state index contributed by atoms with van der Waals surface area (Å²) in [6.07, 6.45) is -3.23. The van der Waals surface area contributed by atoms with Crippen molar-refractivity contribution in [1.82, 2.24) is 20.5 Å². The molecule has 8 nitrogen and oxygen atoms in total. The number of nitrogens with zero attached hydrogens (tertiary/aromatic N) is 1. The molecule has 1 fully saturated rings. The zero-order chi connectivity index (χ0) is 39.9. The zero-order valence-corrected chi connectivity index (χ0v) is 33.1. The van der Waals surface area contributed by atoms with Gasteiger partial charge in [0, 0.05) is 74.8 Å². The average molecular weight is 787 g/mol. The largest absolute Gasteiger partial charge is 0.418 e. The van der Waals surface area contributed by atoms with E-state index in [9.17, 15) is 31.9 Å². The van der Waals surface area contributed by atoms with Gasteiger partial charge in [0.1, 0.15) is 17.1 Å². The maximum atomic E-state index is 14.9. The first kappa shape index (κ1) is 42.5. The molecule has 0 radical (unpaired) electrons. The van der Waals surface area contributed by atoms with Crippen molar-refractivity contribution in [3.8, 4) is 0 Å². The predicted octanol–water partition coefficient (Wildman–Crippen LogP) is 7.40. The Bertz CT molecular complexity index is 1840. The van der Waals surface area contributed by atoms with Crippen molar-refractivity contribution in [2.24, 2.45) is 23.7 Å². The normalized spacial score (nSPS) is 19.9.